The van der Waals surface area contributed by atoms with Crippen LogP contribution in [0.4, 0.5) is 5.69 Å². The summed E-state index contributed by atoms with van der Waals surface area (Å²) < 4.78 is 0. The van der Waals surface area contributed by atoms with Gasteiger partial charge in [0.05, 0.1) is 22.5 Å². The maximum absolute atomic E-state index is 11.9. The van der Waals surface area contributed by atoms with Crippen LogP contribution in [0, 0.1) is 6.92 Å². The summed E-state index contributed by atoms with van der Waals surface area (Å²) in [6.45, 7) is 1.90. The first-order valence-electron chi connectivity index (χ1n) is 5.28. The molecular formula is C13H11ClN2O2. The smallest absolute Gasteiger partial charge is 0.259 e. The molecule has 18 heavy (non-hydrogen) atoms. The zero-order valence-electron chi connectivity index (χ0n) is 9.64. The number of hydrogen-bond donors (Lipinski definition) is 2. The van der Waals surface area contributed by atoms with Gasteiger partial charge in [-0.1, -0.05) is 17.7 Å². The van der Waals surface area contributed by atoms with Crippen molar-refractivity contribution in [2.75, 3.05) is 5.32 Å². The minimum absolute atomic E-state index is 0.155. The average Bonchev–Trinajstić information content (AvgIpc) is 2.34. The number of halogens is 1. The molecule has 1 aromatic carbocycles. The maximum Gasteiger partial charge on any atom is 0.259 e. The number of carbonyl (C=O) groups excluding carboxylic acids is 1. The van der Waals surface area contributed by atoms with Gasteiger partial charge in [-0.3, -0.25) is 9.78 Å². The van der Waals surface area contributed by atoms with Crippen LogP contribution in [0.5, 0.6) is 5.75 Å². The molecule has 0 aliphatic rings. The van der Waals surface area contributed by atoms with Crippen molar-refractivity contribution in [1.82, 2.24) is 4.98 Å². The van der Waals surface area contributed by atoms with Gasteiger partial charge in [0, 0.05) is 6.20 Å². The van der Waals surface area contributed by atoms with Crippen LogP contribution in [-0.2, 0) is 0 Å². The molecule has 0 aliphatic heterocycles. The van der Waals surface area contributed by atoms with Crippen LogP contribution in [0.25, 0.3) is 0 Å². The van der Waals surface area contributed by atoms with E-state index >= 15 is 0 Å². The molecule has 1 amide bonds. The number of carbonyl (C=O) groups is 1. The van der Waals surface area contributed by atoms with Crippen LogP contribution in [0.2, 0.25) is 5.02 Å². The van der Waals surface area contributed by atoms with Crippen LogP contribution in [0.1, 0.15) is 15.9 Å². The normalized spacial score (nSPS) is 10.1. The Morgan fingerprint density at radius 1 is 1.39 bits per heavy atom. The average molecular weight is 263 g/mol. The van der Waals surface area contributed by atoms with E-state index in [1.54, 1.807) is 12.1 Å². The Morgan fingerprint density at radius 2 is 2.17 bits per heavy atom. The summed E-state index contributed by atoms with van der Waals surface area (Å²) in [5, 5.41) is 12.6. The summed E-state index contributed by atoms with van der Waals surface area (Å²) in [5.41, 5.74) is 1.65. The Bertz CT molecular complexity index is 599. The summed E-state index contributed by atoms with van der Waals surface area (Å²) >= 11 is 5.98. The molecule has 2 N–H and O–H groups in total. The number of aryl methyl sites for hydroxylation is 1. The molecule has 0 spiro atoms. The second-order valence-electron chi connectivity index (χ2n) is 3.83. The van der Waals surface area contributed by atoms with Gasteiger partial charge in [-0.2, -0.15) is 0 Å². The summed E-state index contributed by atoms with van der Waals surface area (Å²) in [5.74, 6) is -0.596. The highest BCUT2D eigenvalue weighted by Gasteiger charge is 2.12. The van der Waals surface area contributed by atoms with Crippen molar-refractivity contribution in [2.24, 2.45) is 0 Å². The SMILES string of the molecule is Cc1ccc(Cl)c(NC(=O)c2ccncc2O)c1. The number of nitrogens with one attached hydrogen (secondary N) is 1. The fourth-order valence-electron chi connectivity index (χ4n) is 1.50. The molecule has 2 rings (SSSR count). The van der Waals surface area contributed by atoms with Gasteiger partial charge in [0.25, 0.3) is 5.91 Å². The molecule has 0 aliphatic carbocycles. The molecule has 5 heteroatoms. The predicted molar refractivity (Wildman–Crippen MR) is 70.0 cm³/mol. The summed E-state index contributed by atoms with van der Waals surface area (Å²) in [6, 6.07) is 6.76. The van der Waals surface area contributed by atoms with Crippen molar-refractivity contribution >= 4 is 23.2 Å². The molecule has 0 radical (unpaired) electrons. The third-order valence-electron chi connectivity index (χ3n) is 2.41. The van der Waals surface area contributed by atoms with Crippen molar-refractivity contribution in [3.05, 3.63) is 52.8 Å². The van der Waals surface area contributed by atoms with Crippen molar-refractivity contribution in [2.45, 2.75) is 6.92 Å². The van der Waals surface area contributed by atoms with Gasteiger partial charge < -0.3 is 10.4 Å². The standard InChI is InChI=1S/C13H11ClN2O2/c1-8-2-3-10(14)11(6-8)16-13(18)9-4-5-15-7-12(9)17/h2-7,17H,1H3,(H,16,18). The van der Waals surface area contributed by atoms with E-state index in [0.717, 1.165) is 5.56 Å². The lowest BCUT2D eigenvalue weighted by molar-refractivity contribution is 0.102. The quantitative estimate of drug-likeness (QED) is 0.875. The number of aromatic hydroxyl groups is 1. The summed E-state index contributed by atoms with van der Waals surface area (Å²) in [4.78, 5) is 15.7. The largest absolute Gasteiger partial charge is 0.505 e. The molecule has 0 atom stereocenters. The Kier molecular flexibility index (Phi) is 3.48. The number of nitrogens with zero attached hydrogens (tertiary/aromatic N) is 1. The molecule has 0 unspecified atom stereocenters. The third-order valence-corrected chi connectivity index (χ3v) is 2.74. The van der Waals surface area contributed by atoms with Gasteiger partial charge >= 0.3 is 0 Å². The Balaban J connectivity index is 2.27. The predicted octanol–water partition coefficient (Wildman–Crippen LogP) is 3.00. The molecule has 1 aromatic heterocycles. The molecular weight excluding hydrogens is 252 g/mol. The highest BCUT2D eigenvalue weighted by molar-refractivity contribution is 6.34. The third kappa shape index (κ3) is 2.60. The van der Waals surface area contributed by atoms with Gasteiger partial charge in [0.2, 0.25) is 0 Å². The Hall–Kier alpha value is -2.07. The molecule has 4 nitrogen and oxygen atoms in total. The highest BCUT2D eigenvalue weighted by atomic mass is 35.5. The minimum atomic E-state index is -0.428. The molecule has 2 aromatic rings. The molecule has 1 heterocycles. The van der Waals surface area contributed by atoms with Gasteiger partial charge in [-0.25, -0.2) is 0 Å². The fraction of sp³-hybridized carbons (Fsp3) is 0.0769. The van der Waals surface area contributed by atoms with Crippen LogP contribution in [0.15, 0.2) is 36.7 Å². The van der Waals surface area contributed by atoms with Crippen molar-refractivity contribution in [3.63, 3.8) is 0 Å². The molecule has 0 bridgehead atoms. The van der Waals surface area contributed by atoms with E-state index in [0.29, 0.717) is 10.7 Å². The van der Waals surface area contributed by atoms with E-state index in [2.05, 4.69) is 10.3 Å². The summed E-state index contributed by atoms with van der Waals surface area (Å²) in [6.07, 6.45) is 2.65. The molecule has 0 saturated carbocycles. The van der Waals surface area contributed by atoms with E-state index in [1.165, 1.54) is 18.5 Å². The van der Waals surface area contributed by atoms with E-state index in [-0.39, 0.29) is 11.3 Å². The van der Waals surface area contributed by atoms with E-state index in [4.69, 9.17) is 11.6 Å². The monoisotopic (exact) mass is 262 g/mol. The molecule has 0 saturated heterocycles. The first-order valence-corrected chi connectivity index (χ1v) is 5.66. The van der Waals surface area contributed by atoms with Crippen LogP contribution >= 0.6 is 11.6 Å². The first-order chi connectivity index (χ1) is 8.58. The van der Waals surface area contributed by atoms with E-state index < -0.39 is 5.91 Å². The number of aromatic nitrogens is 1. The van der Waals surface area contributed by atoms with Crippen molar-refractivity contribution in [1.29, 1.82) is 0 Å². The number of amides is 1. The number of anilines is 1. The van der Waals surface area contributed by atoms with Crippen molar-refractivity contribution in [3.8, 4) is 5.75 Å². The molecule has 0 fully saturated rings. The van der Waals surface area contributed by atoms with E-state index in [9.17, 15) is 9.90 Å². The van der Waals surface area contributed by atoms with Crippen LogP contribution in [0.3, 0.4) is 0 Å². The zero-order chi connectivity index (χ0) is 13.1. The maximum atomic E-state index is 11.9. The topological polar surface area (TPSA) is 62.2 Å². The number of rotatable bonds is 2. The lowest BCUT2D eigenvalue weighted by Gasteiger charge is -2.08. The number of pyridine rings is 1. The van der Waals surface area contributed by atoms with Gasteiger partial charge in [-0.05, 0) is 30.7 Å². The Morgan fingerprint density at radius 3 is 2.89 bits per heavy atom. The fourth-order valence-corrected chi connectivity index (χ4v) is 1.67. The van der Waals surface area contributed by atoms with Gasteiger partial charge in [0.15, 0.2) is 0 Å². The minimum Gasteiger partial charge on any atom is -0.505 e. The second kappa shape index (κ2) is 5.06. The Labute approximate surface area is 109 Å². The van der Waals surface area contributed by atoms with Crippen molar-refractivity contribution < 1.29 is 9.90 Å². The second-order valence-corrected chi connectivity index (χ2v) is 4.24. The highest BCUT2D eigenvalue weighted by Crippen LogP contribution is 2.24. The summed E-state index contributed by atoms with van der Waals surface area (Å²) in [7, 11) is 0. The zero-order valence-corrected chi connectivity index (χ0v) is 10.4. The van der Waals surface area contributed by atoms with Crippen LogP contribution < -0.4 is 5.32 Å². The number of benzene rings is 1. The number of hydrogen-bond acceptors (Lipinski definition) is 3. The first kappa shape index (κ1) is 12.4. The van der Waals surface area contributed by atoms with Gasteiger partial charge in [-0.15, -0.1) is 0 Å². The van der Waals surface area contributed by atoms with Gasteiger partial charge in [0.1, 0.15) is 5.75 Å². The lowest BCUT2D eigenvalue weighted by Crippen LogP contribution is -2.12. The van der Waals surface area contributed by atoms with E-state index in [1.807, 2.05) is 13.0 Å². The van der Waals surface area contributed by atoms with Crippen LogP contribution in [-0.4, -0.2) is 16.0 Å². The molecule has 92 valence electrons. The lowest BCUT2D eigenvalue weighted by atomic mass is 10.2.